The number of hydrogen-bond donors (Lipinski definition) is 1. The molecule has 1 spiro atoms. The van der Waals surface area contributed by atoms with E-state index in [0.29, 0.717) is 48.0 Å². The van der Waals surface area contributed by atoms with Gasteiger partial charge in [-0.25, -0.2) is 0 Å². The number of aliphatic hydroxyl groups excluding tert-OH is 1. The molecule has 2 aromatic rings. The van der Waals surface area contributed by atoms with Gasteiger partial charge in [-0.2, -0.15) is 0 Å². The molecule has 0 aliphatic carbocycles. The minimum atomic E-state index is -0.913. The number of thioether (sulfide) groups is 1. The van der Waals surface area contributed by atoms with Crippen LogP contribution in [0.1, 0.15) is 52.5 Å². The van der Waals surface area contributed by atoms with Crippen molar-refractivity contribution in [2.75, 3.05) is 36.1 Å². The van der Waals surface area contributed by atoms with Gasteiger partial charge in [0.2, 0.25) is 11.8 Å². The number of benzene rings is 2. The summed E-state index contributed by atoms with van der Waals surface area (Å²) in [5.41, 5.74) is 2.08. The van der Waals surface area contributed by atoms with Gasteiger partial charge in [0.05, 0.1) is 46.5 Å². The molecule has 258 valence electrons. The van der Waals surface area contributed by atoms with Crippen molar-refractivity contribution in [3.8, 4) is 5.75 Å². The molecule has 0 aromatic heterocycles. The molecule has 8 nitrogen and oxygen atoms in total. The Morgan fingerprint density at radius 3 is 2.35 bits per heavy atom. The van der Waals surface area contributed by atoms with E-state index < -0.39 is 33.4 Å². The third kappa shape index (κ3) is 6.07. The first-order valence-electron chi connectivity index (χ1n) is 16.8. The number of hydrogen-bond acceptors (Lipinski definition) is 6. The van der Waals surface area contributed by atoms with E-state index in [9.17, 15) is 14.7 Å². The van der Waals surface area contributed by atoms with Crippen LogP contribution in [0.3, 0.4) is 0 Å². The van der Waals surface area contributed by atoms with E-state index in [1.54, 1.807) is 44.7 Å². The van der Waals surface area contributed by atoms with Gasteiger partial charge in [0.25, 0.3) is 5.91 Å². The fourth-order valence-corrected chi connectivity index (χ4v) is 10.9. The van der Waals surface area contributed by atoms with E-state index in [4.69, 9.17) is 16.3 Å². The lowest BCUT2D eigenvalue weighted by molar-refractivity contribution is -0.142. The predicted octanol–water partition coefficient (Wildman–Crippen LogP) is 6.67. The molecule has 3 aliphatic rings. The summed E-state index contributed by atoms with van der Waals surface area (Å²) in [6, 6.07) is 11.4. The van der Waals surface area contributed by atoms with E-state index >= 15 is 4.79 Å². The van der Waals surface area contributed by atoms with E-state index in [0.717, 1.165) is 5.56 Å². The number of halogens is 1. The largest absolute Gasteiger partial charge is 0.494 e. The number of carbonyl (C=O) groups is 3. The molecule has 5 rings (SSSR count). The van der Waals surface area contributed by atoms with Crippen molar-refractivity contribution in [2.45, 2.75) is 75.5 Å². The number of likely N-dealkylation sites (tertiary alicyclic amines) is 1. The zero-order valence-corrected chi connectivity index (χ0v) is 30.2. The average Bonchev–Trinajstić information content (AvgIpc) is 3.62. The first kappa shape index (κ1) is 36.0. The number of nitrogens with zero attached hydrogens (tertiary/aromatic N) is 3. The van der Waals surface area contributed by atoms with Gasteiger partial charge in [-0.1, -0.05) is 49.7 Å². The number of fused-ring (bicyclic) bond motifs is 1. The molecule has 1 N–H and O–H groups in total. The molecular formula is C38H48ClN3O5S. The Bertz CT molecular complexity index is 1550. The quantitative estimate of drug-likeness (QED) is 0.222. The SMILES string of the molecule is C=CCN(C(=O)[C@@H]1[C@H]2C(=O)N([C@@H](CO)CC(C)C)C(C(=O)N(CC=C)c3c(C)cccc3Cl)C23CC[C@@]1(C)S3)c1ccc(OCC)cc1. The van der Waals surface area contributed by atoms with Gasteiger partial charge in [-0.3, -0.25) is 14.4 Å². The van der Waals surface area contributed by atoms with Crippen LogP contribution in [0.15, 0.2) is 67.8 Å². The number of aryl methyl sites for hydroxylation is 1. The summed E-state index contributed by atoms with van der Waals surface area (Å²) < 4.78 is 4.17. The monoisotopic (exact) mass is 693 g/mol. The van der Waals surface area contributed by atoms with Gasteiger partial charge in [0.1, 0.15) is 11.8 Å². The lowest BCUT2D eigenvalue weighted by Crippen LogP contribution is -2.58. The maximum atomic E-state index is 15.2. The van der Waals surface area contributed by atoms with Crippen LogP contribution in [0.2, 0.25) is 5.02 Å². The van der Waals surface area contributed by atoms with Crippen molar-refractivity contribution in [2.24, 2.45) is 17.8 Å². The molecule has 0 radical (unpaired) electrons. The number of ether oxygens (including phenoxy) is 1. The second-order valence-corrected chi connectivity index (χ2v) is 16.1. The molecule has 2 bridgehead atoms. The van der Waals surface area contributed by atoms with Crippen LogP contribution in [0.5, 0.6) is 5.75 Å². The van der Waals surface area contributed by atoms with Crippen LogP contribution < -0.4 is 14.5 Å². The number of amides is 3. The van der Waals surface area contributed by atoms with Crippen molar-refractivity contribution in [3.05, 3.63) is 78.4 Å². The molecule has 3 saturated heterocycles. The fourth-order valence-electron chi connectivity index (χ4n) is 8.27. The molecule has 3 aliphatic heterocycles. The van der Waals surface area contributed by atoms with Crippen molar-refractivity contribution < 1.29 is 24.2 Å². The standard InChI is InChI=1S/C38H48ClN3O5S/c1-8-20-40(26-14-16-28(17-15-26)47-10-3)34(44)30-31-35(45)42(27(23-43)22-24(4)5)33(38(31)19-18-37(30,7)48-38)36(46)41(21-9-2)32-25(6)12-11-13-29(32)39/h8-9,11-17,24,27,30-31,33,43H,1-2,10,18-23H2,3-7H3/t27-,30+,31+,33?,37-,38?/m1/s1. The number of anilines is 2. The Kier molecular flexibility index (Phi) is 10.7. The van der Waals surface area contributed by atoms with Crippen molar-refractivity contribution >= 4 is 52.5 Å². The number of carbonyl (C=O) groups excluding carboxylic acids is 3. The van der Waals surface area contributed by atoms with E-state index in [1.807, 2.05) is 64.1 Å². The van der Waals surface area contributed by atoms with Crippen LogP contribution in [0.4, 0.5) is 11.4 Å². The maximum absolute atomic E-state index is 15.2. The highest BCUT2D eigenvalue weighted by Gasteiger charge is 2.78. The summed E-state index contributed by atoms with van der Waals surface area (Å²) in [7, 11) is 0. The molecule has 3 amide bonds. The minimum Gasteiger partial charge on any atom is -0.494 e. The summed E-state index contributed by atoms with van der Waals surface area (Å²) in [4.78, 5) is 50.0. The number of para-hydroxylation sites is 1. The molecule has 3 fully saturated rings. The Morgan fingerprint density at radius 1 is 1.10 bits per heavy atom. The van der Waals surface area contributed by atoms with Crippen LogP contribution >= 0.6 is 23.4 Å². The van der Waals surface area contributed by atoms with Gasteiger partial charge in [0, 0.05) is 23.5 Å². The highest BCUT2D eigenvalue weighted by Crippen LogP contribution is 2.72. The summed E-state index contributed by atoms with van der Waals surface area (Å²) in [6.45, 7) is 18.5. The molecule has 2 unspecified atom stereocenters. The molecule has 2 aromatic carbocycles. The van der Waals surface area contributed by atoms with Crippen LogP contribution in [-0.2, 0) is 14.4 Å². The second-order valence-electron chi connectivity index (χ2n) is 13.7. The van der Waals surface area contributed by atoms with Crippen molar-refractivity contribution in [1.82, 2.24) is 4.90 Å². The van der Waals surface area contributed by atoms with E-state index in [-0.39, 0.29) is 43.3 Å². The summed E-state index contributed by atoms with van der Waals surface area (Å²) in [6.07, 6.45) is 5.11. The van der Waals surface area contributed by atoms with Crippen molar-refractivity contribution in [3.63, 3.8) is 0 Å². The predicted molar refractivity (Wildman–Crippen MR) is 195 cm³/mol. The van der Waals surface area contributed by atoms with Crippen LogP contribution in [0, 0.1) is 24.7 Å². The lowest BCUT2D eigenvalue weighted by atomic mass is 9.66. The molecule has 48 heavy (non-hydrogen) atoms. The third-order valence-electron chi connectivity index (χ3n) is 10.1. The Morgan fingerprint density at radius 2 is 1.77 bits per heavy atom. The molecule has 3 heterocycles. The zero-order chi connectivity index (χ0) is 35.0. The maximum Gasteiger partial charge on any atom is 0.251 e. The van der Waals surface area contributed by atoms with Crippen LogP contribution in [0.25, 0.3) is 0 Å². The normalized spacial score (nSPS) is 26.4. The van der Waals surface area contributed by atoms with Gasteiger partial charge in [0.15, 0.2) is 0 Å². The van der Waals surface area contributed by atoms with Gasteiger partial charge >= 0.3 is 0 Å². The Labute approximate surface area is 294 Å². The average molecular weight is 694 g/mol. The highest BCUT2D eigenvalue weighted by atomic mass is 35.5. The second kappa shape index (κ2) is 14.3. The van der Waals surface area contributed by atoms with Gasteiger partial charge in [-0.15, -0.1) is 24.9 Å². The fraction of sp³-hybridized carbons (Fsp3) is 0.500. The lowest BCUT2D eigenvalue weighted by Gasteiger charge is -2.40. The third-order valence-corrected chi connectivity index (χ3v) is 12.4. The number of aliphatic hydroxyl groups is 1. The highest BCUT2D eigenvalue weighted by molar-refractivity contribution is 8.02. The topological polar surface area (TPSA) is 90.4 Å². The van der Waals surface area contributed by atoms with E-state index in [2.05, 4.69) is 20.1 Å². The Balaban J connectivity index is 1.64. The van der Waals surface area contributed by atoms with Gasteiger partial charge < -0.3 is 24.5 Å². The molecule has 6 atom stereocenters. The summed E-state index contributed by atoms with van der Waals surface area (Å²) in [5.74, 6) is -1.28. The molecule has 0 saturated carbocycles. The summed E-state index contributed by atoms with van der Waals surface area (Å²) in [5, 5.41) is 11.2. The molecule has 10 heteroatoms. The first-order chi connectivity index (χ1) is 22.9. The Hall–Kier alpha value is -3.27. The minimum absolute atomic E-state index is 0.153. The first-order valence-corrected chi connectivity index (χ1v) is 18.0. The zero-order valence-electron chi connectivity index (χ0n) is 28.7. The van der Waals surface area contributed by atoms with Crippen molar-refractivity contribution in [1.29, 1.82) is 0 Å². The number of rotatable bonds is 14. The van der Waals surface area contributed by atoms with Gasteiger partial charge in [-0.05, 0) is 81.8 Å². The summed E-state index contributed by atoms with van der Waals surface area (Å²) >= 11 is 8.35. The smallest absolute Gasteiger partial charge is 0.251 e. The van der Waals surface area contributed by atoms with Crippen LogP contribution in [-0.4, -0.2) is 75.6 Å². The van der Waals surface area contributed by atoms with E-state index in [1.165, 1.54) is 0 Å². The molecular weight excluding hydrogens is 646 g/mol.